The van der Waals surface area contributed by atoms with Gasteiger partial charge in [-0.2, -0.15) is 0 Å². The minimum absolute atomic E-state index is 0.152. The van der Waals surface area contributed by atoms with E-state index in [1.165, 1.54) is 12.1 Å². The molecular formula is C19H22FN3O2. The van der Waals surface area contributed by atoms with Crippen molar-refractivity contribution in [2.45, 2.75) is 32.6 Å². The first-order valence-electron chi connectivity index (χ1n) is 8.60. The summed E-state index contributed by atoms with van der Waals surface area (Å²) in [5.41, 5.74) is 0.861. The Bertz CT molecular complexity index is 721. The van der Waals surface area contributed by atoms with E-state index in [1.807, 2.05) is 4.90 Å². The van der Waals surface area contributed by atoms with Crippen LogP contribution in [0.1, 0.15) is 31.9 Å². The first-order chi connectivity index (χ1) is 12.1. The van der Waals surface area contributed by atoms with E-state index in [0.717, 1.165) is 44.5 Å². The number of aromatic nitrogens is 2. The van der Waals surface area contributed by atoms with E-state index >= 15 is 0 Å². The maximum absolute atomic E-state index is 12.9. The summed E-state index contributed by atoms with van der Waals surface area (Å²) < 4.78 is 18.6. The van der Waals surface area contributed by atoms with Crippen LogP contribution in [0, 0.1) is 11.7 Å². The van der Waals surface area contributed by atoms with Gasteiger partial charge in [0.1, 0.15) is 11.6 Å². The predicted molar refractivity (Wildman–Crippen MR) is 91.8 cm³/mol. The van der Waals surface area contributed by atoms with Crippen LogP contribution in [0.25, 0.3) is 0 Å². The number of amides is 1. The van der Waals surface area contributed by atoms with Crippen molar-refractivity contribution in [1.82, 2.24) is 14.9 Å². The number of likely N-dealkylation sites (tertiary alicyclic amines) is 1. The lowest BCUT2D eigenvalue weighted by Gasteiger charge is -2.32. The number of piperidine rings is 1. The second-order valence-corrected chi connectivity index (χ2v) is 6.42. The molecule has 1 aliphatic rings. The fourth-order valence-electron chi connectivity index (χ4n) is 3.12. The van der Waals surface area contributed by atoms with Crippen LogP contribution in [0.5, 0.6) is 11.6 Å². The van der Waals surface area contributed by atoms with Gasteiger partial charge in [-0.3, -0.25) is 9.78 Å². The van der Waals surface area contributed by atoms with Gasteiger partial charge in [0, 0.05) is 26.2 Å². The molecule has 25 heavy (non-hydrogen) atoms. The Kier molecular flexibility index (Phi) is 5.58. The zero-order valence-corrected chi connectivity index (χ0v) is 14.3. The topological polar surface area (TPSA) is 55.3 Å². The second kappa shape index (κ2) is 8.05. The van der Waals surface area contributed by atoms with Crippen molar-refractivity contribution >= 4 is 5.91 Å². The monoisotopic (exact) mass is 343 g/mol. The number of aryl methyl sites for hydroxylation is 1. The van der Waals surface area contributed by atoms with E-state index in [2.05, 4.69) is 9.97 Å². The minimum Gasteiger partial charge on any atom is -0.437 e. The van der Waals surface area contributed by atoms with Crippen molar-refractivity contribution in [3.05, 3.63) is 48.2 Å². The Morgan fingerprint density at radius 1 is 1.32 bits per heavy atom. The molecule has 0 aliphatic carbocycles. The molecule has 1 fully saturated rings. The molecule has 0 radical (unpaired) electrons. The van der Waals surface area contributed by atoms with Crippen LogP contribution in [0.4, 0.5) is 4.39 Å². The molecule has 1 saturated heterocycles. The lowest BCUT2D eigenvalue weighted by molar-refractivity contribution is -0.130. The fraction of sp³-hybridized carbons (Fsp3) is 0.421. The number of carbonyl (C=O) groups is 1. The molecular weight excluding hydrogens is 321 g/mol. The molecule has 1 amide bonds. The molecule has 0 bridgehead atoms. The summed E-state index contributed by atoms with van der Waals surface area (Å²) in [6, 6.07) is 5.80. The number of benzene rings is 1. The van der Waals surface area contributed by atoms with Crippen molar-refractivity contribution < 1.29 is 13.9 Å². The summed E-state index contributed by atoms with van der Waals surface area (Å²) in [4.78, 5) is 22.1. The van der Waals surface area contributed by atoms with Gasteiger partial charge in [-0.25, -0.2) is 9.37 Å². The van der Waals surface area contributed by atoms with Crippen LogP contribution >= 0.6 is 0 Å². The second-order valence-electron chi connectivity index (χ2n) is 6.42. The number of rotatable bonds is 5. The van der Waals surface area contributed by atoms with Crippen molar-refractivity contribution in [2.75, 3.05) is 13.1 Å². The summed E-state index contributed by atoms with van der Waals surface area (Å²) in [6.07, 6.45) is 7.25. The van der Waals surface area contributed by atoms with Crippen molar-refractivity contribution in [1.29, 1.82) is 0 Å². The van der Waals surface area contributed by atoms with Crippen molar-refractivity contribution in [3.8, 4) is 11.6 Å². The van der Waals surface area contributed by atoms with E-state index in [1.54, 1.807) is 31.5 Å². The van der Waals surface area contributed by atoms with Gasteiger partial charge in [0.15, 0.2) is 0 Å². The standard InChI is InChI=1S/C19H22FN3O2/c1-14(24)23-10-2-3-15(13-23)4-7-17-11-21-12-19(22-17)25-18-8-5-16(20)6-9-18/h5-6,8-9,11-12,15H,2-4,7,10,13H2,1H3. The van der Waals surface area contributed by atoms with E-state index in [4.69, 9.17) is 4.74 Å². The molecule has 0 spiro atoms. The predicted octanol–water partition coefficient (Wildman–Crippen LogP) is 3.60. The molecule has 1 unspecified atom stereocenters. The molecule has 2 aromatic rings. The van der Waals surface area contributed by atoms with Crippen LogP contribution in [0.15, 0.2) is 36.7 Å². The van der Waals surface area contributed by atoms with E-state index in [-0.39, 0.29) is 11.7 Å². The molecule has 132 valence electrons. The third kappa shape index (κ3) is 4.98. The van der Waals surface area contributed by atoms with Gasteiger partial charge in [0.05, 0.1) is 11.9 Å². The van der Waals surface area contributed by atoms with Crippen molar-refractivity contribution in [2.24, 2.45) is 5.92 Å². The first-order valence-corrected chi connectivity index (χ1v) is 8.60. The summed E-state index contributed by atoms with van der Waals surface area (Å²) in [7, 11) is 0. The Morgan fingerprint density at radius 2 is 2.12 bits per heavy atom. The number of carbonyl (C=O) groups excluding carboxylic acids is 1. The number of halogens is 1. The number of ether oxygens (including phenoxy) is 1. The van der Waals surface area contributed by atoms with E-state index in [0.29, 0.717) is 17.5 Å². The summed E-state index contributed by atoms with van der Waals surface area (Å²) in [5, 5.41) is 0. The molecule has 0 N–H and O–H groups in total. The molecule has 1 aromatic carbocycles. The SMILES string of the molecule is CC(=O)N1CCCC(CCc2cncc(Oc3ccc(F)cc3)n2)C1. The van der Waals surface area contributed by atoms with Crippen LogP contribution < -0.4 is 4.74 Å². The van der Waals surface area contributed by atoms with Gasteiger partial charge in [-0.1, -0.05) is 0 Å². The smallest absolute Gasteiger partial charge is 0.238 e. The fourth-order valence-corrected chi connectivity index (χ4v) is 3.12. The normalized spacial score (nSPS) is 17.4. The molecule has 1 atom stereocenters. The quantitative estimate of drug-likeness (QED) is 0.832. The van der Waals surface area contributed by atoms with Crippen LogP contribution in [0.3, 0.4) is 0 Å². The Hall–Kier alpha value is -2.50. The molecule has 3 rings (SSSR count). The van der Waals surface area contributed by atoms with Crippen LogP contribution in [-0.4, -0.2) is 33.9 Å². The zero-order valence-electron chi connectivity index (χ0n) is 14.3. The van der Waals surface area contributed by atoms with E-state index in [9.17, 15) is 9.18 Å². The highest BCUT2D eigenvalue weighted by atomic mass is 19.1. The molecule has 2 heterocycles. The minimum atomic E-state index is -0.306. The average molecular weight is 343 g/mol. The Morgan fingerprint density at radius 3 is 2.88 bits per heavy atom. The highest BCUT2D eigenvalue weighted by Crippen LogP contribution is 2.23. The highest BCUT2D eigenvalue weighted by molar-refractivity contribution is 5.73. The molecule has 1 aliphatic heterocycles. The number of nitrogens with zero attached hydrogens (tertiary/aromatic N) is 3. The summed E-state index contributed by atoms with van der Waals surface area (Å²) >= 11 is 0. The van der Waals surface area contributed by atoms with Gasteiger partial charge >= 0.3 is 0 Å². The van der Waals surface area contributed by atoms with E-state index < -0.39 is 0 Å². The summed E-state index contributed by atoms with van der Waals surface area (Å²) in [6.45, 7) is 3.32. The average Bonchev–Trinajstić information content (AvgIpc) is 2.62. The van der Waals surface area contributed by atoms with Crippen LogP contribution in [-0.2, 0) is 11.2 Å². The largest absolute Gasteiger partial charge is 0.437 e. The number of hydrogen-bond donors (Lipinski definition) is 0. The lowest BCUT2D eigenvalue weighted by Crippen LogP contribution is -2.38. The molecule has 6 heteroatoms. The van der Waals surface area contributed by atoms with Gasteiger partial charge in [-0.15, -0.1) is 0 Å². The third-order valence-corrected chi connectivity index (χ3v) is 4.47. The molecule has 5 nitrogen and oxygen atoms in total. The van der Waals surface area contributed by atoms with Crippen LogP contribution in [0.2, 0.25) is 0 Å². The first kappa shape index (κ1) is 17.3. The van der Waals surface area contributed by atoms with Gasteiger partial charge < -0.3 is 9.64 Å². The number of hydrogen-bond acceptors (Lipinski definition) is 4. The summed E-state index contributed by atoms with van der Waals surface area (Å²) in [5.74, 6) is 1.27. The maximum atomic E-state index is 12.9. The van der Waals surface area contributed by atoms with Crippen molar-refractivity contribution in [3.63, 3.8) is 0 Å². The molecule has 1 aromatic heterocycles. The molecule has 0 saturated carbocycles. The zero-order chi connectivity index (χ0) is 17.6. The van der Waals surface area contributed by atoms with Gasteiger partial charge in [-0.05, 0) is 55.9 Å². The lowest BCUT2D eigenvalue weighted by atomic mass is 9.93. The highest BCUT2D eigenvalue weighted by Gasteiger charge is 2.21. The van der Waals surface area contributed by atoms with Gasteiger partial charge in [0.25, 0.3) is 0 Å². The van der Waals surface area contributed by atoms with Gasteiger partial charge in [0.2, 0.25) is 11.8 Å². The maximum Gasteiger partial charge on any atom is 0.238 e. The Labute approximate surface area is 146 Å². The third-order valence-electron chi connectivity index (χ3n) is 4.47. The Balaban J connectivity index is 1.56.